The Kier molecular flexibility index (Phi) is 3.87. The number of halogens is 3. The zero-order valence-electron chi connectivity index (χ0n) is 9.47. The fraction of sp³-hybridized carbons (Fsp3) is 0.0833. The van der Waals surface area contributed by atoms with Crippen molar-refractivity contribution in [3.8, 4) is 0 Å². The summed E-state index contributed by atoms with van der Waals surface area (Å²) in [5, 5.41) is 3.17. The van der Waals surface area contributed by atoms with E-state index in [4.69, 9.17) is 5.73 Å². The quantitative estimate of drug-likeness (QED) is 0.820. The molecule has 0 saturated carbocycles. The lowest BCUT2D eigenvalue weighted by Crippen LogP contribution is -2.00. The molecule has 0 aliphatic heterocycles. The van der Waals surface area contributed by atoms with Crippen LogP contribution in [0.5, 0.6) is 0 Å². The minimum atomic E-state index is -0.292. The summed E-state index contributed by atoms with van der Waals surface area (Å²) in [6.45, 7) is 1.82. The van der Waals surface area contributed by atoms with E-state index in [0.717, 1.165) is 15.7 Å². The topological polar surface area (TPSA) is 50.9 Å². The first-order chi connectivity index (χ1) is 8.49. The van der Waals surface area contributed by atoms with E-state index in [-0.39, 0.29) is 5.82 Å². The minimum absolute atomic E-state index is 0.292. The van der Waals surface area contributed by atoms with Crippen molar-refractivity contribution in [2.75, 3.05) is 11.1 Å². The molecule has 0 amide bonds. The van der Waals surface area contributed by atoms with Crippen molar-refractivity contribution in [1.29, 1.82) is 0 Å². The summed E-state index contributed by atoms with van der Waals surface area (Å²) < 4.78 is 14.5. The van der Waals surface area contributed by atoms with Crippen molar-refractivity contribution >= 4 is 48.9 Å². The number of hydrogen-bond donors (Lipinski definition) is 2. The first-order valence-corrected chi connectivity index (χ1v) is 6.69. The van der Waals surface area contributed by atoms with E-state index in [9.17, 15) is 4.39 Å². The fourth-order valence-corrected chi connectivity index (χ4v) is 2.29. The van der Waals surface area contributed by atoms with Crippen LogP contribution in [0.4, 0.5) is 21.5 Å². The summed E-state index contributed by atoms with van der Waals surface area (Å²) in [4.78, 5) is 3.96. The number of nitrogens with zero attached hydrogens (tertiary/aromatic N) is 1. The van der Waals surface area contributed by atoms with Gasteiger partial charge in [-0.2, -0.15) is 0 Å². The van der Waals surface area contributed by atoms with E-state index in [1.165, 1.54) is 6.07 Å². The molecule has 0 spiro atoms. The normalized spacial score (nSPS) is 10.4. The number of hydrogen-bond acceptors (Lipinski definition) is 3. The molecular formula is C12H10Br2FN3. The smallest absolute Gasteiger partial charge is 0.137 e. The van der Waals surface area contributed by atoms with E-state index in [0.29, 0.717) is 15.8 Å². The molecule has 3 nitrogen and oxygen atoms in total. The van der Waals surface area contributed by atoms with Crippen LogP contribution in [0.15, 0.2) is 33.5 Å². The van der Waals surface area contributed by atoms with E-state index >= 15 is 0 Å². The minimum Gasteiger partial charge on any atom is -0.396 e. The van der Waals surface area contributed by atoms with E-state index in [1.54, 1.807) is 18.5 Å². The maximum absolute atomic E-state index is 13.3. The van der Waals surface area contributed by atoms with Crippen LogP contribution < -0.4 is 11.1 Å². The maximum Gasteiger partial charge on any atom is 0.137 e. The Balaban J connectivity index is 2.43. The maximum atomic E-state index is 13.3. The Morgan fingerprint density at radius 1 is 1.22 bits per heavy atom. The van der Waals surface area contributed by atoms with Crippen molar-refractivity contribution in [1.82, 2.24) is 4.98 Å². The fourth-order valence-electron chi connectivity index (χ4n) is 1.50. The Labute approximate surface area is 121 Å². The van der Waals surface area contributed by atoms with Crippen LogP contribution in [0.25, 0.3) is 0 Å². The molecule has 94 valence electrons. The van der Waals surface area contributed by atoms with Crippen molar-refractivity contribution in [3.05, 3.63) is 44.9 Å². The van der Waals surface area contributed by atoms with E-state index in [2.05, 4.69) is 42.2 Å². The van der Waals surface area contributed by atoms with Crippen molar-refractivity contribution in [2.24, 2.45) is 0 Å². The highest BCUT2D eigenvalue weighted by atomic mass is 79.9. The number of nitrogens with one attached hydrogen (secondary N) is 1. The first kappa shape index (κ1) is 13.3. The summed E-state index contributed by atoms with van der Waals surface area (Å²) in [5.41, 5.74) is 8.65. The summed E-state index contributed by atoms with van der Waals surface area (Å²) in [7, 11) is 0. The van der Waals surface area contributed by atoms with Gasteiger partial charge in [0, 0.05) is 11.9 Å². The molecule has 0 aliphatic rings. The zero-order valence-corrected chi connectivity index (χ0v) is 12.6. The molecule has 0 fully saturated rings. The standard InChI is InChI=1S/C12H10Br2FN3/c1-6-2-9(15)7(13)3-11(6)18-12-8(14)4-17-5-10(12)16/h2-5H,16H2,1H3,(H,17,18). The number of pyridine rings is 1. The highest BCUT2D eigenvalue weighted by molar-refractivity contribution is 9.10. The predicted octanol–water partition coefficient (Wildman–Crippen LogP) is 4.38. The molecule has 0 radical (unpaired) electrons. The van der Waals surface area contributed by atoms with Crippen LogP contribution in [-0.4, -0.2) is 4.98 Å². The number of anilines is 3. The lowest BCUT2D eigenvalue weighted by Gasteiger charge is -2.13. The molecule has 0 unspecified atom stereocenters. The van der Waals surface area contributed by atoms with Gasteiger partial charge in [0.1, 0.15) is 5.82 Å². The largest absolute Gasteiger partial charge is 0.396 e. The lowest BCUT2D eigenvalue weighted by atomic mass is 10.2. The second-order valence-corrected chi connectivity index (χ2v) is 5.50. The number of benzene rings is 1. The molecule has 0 aliphatic carbocycles. The molecule has 18 heavy (non-hydrogen) atoms. The Hall–Kier alpha value is -1.14. The van der Waals surface area contributed by atoms with Gasteiger partial charge in [-0.05, 0) is 56.5 Å². The van der Waals surface area contributed by atoms with Crippen LogP contribution in [0, 0.1) is 12.7 Å². The monoisotopic (exact) mass is 373 g/mol. The predicted molar refractivity (Wildman–Crippen MR) is 78.5 cm³/mol. The Morgan fingerprint density at radius 3 is 2.61 bits per heavy atom. The van der Waals surface area contributed by atoms with Gasteiger partial charge in [0.25, 0.3) is 0 Å². The van der Waals surface area contributed by atoms with Crippen molar-refractivity contribution in [2.45, 2.75) is 6.92 Å². The average Bonchev–Trinajstić information content (AvgIpc) is 2.30. The third kappa shape index (κ3) is 2.64. The van der Waals surface area contributed by atoms with Gasteiger partial charge in [-0.15, -0.1) is 0 Å². The van der Waals surface area contributed by atoms with Gasteiger partial charge in [0.05, 0.1) is 26.5 Å². The zero-order chi connectivity index (χ0) is 13.3. The number of rotatable bonds is 2. The van der Waals surface area contributed by atoms with Gasteiger partial charge in [-0.3, -0.25) is 4.98 Å². The molecule has 0 atom stereocenters. The molecular weight excluding hydrogens is 365 g/mol. The van der Waals surface area contributed by atoms with Gasteiger partial charge >= 0.3 is 0 Å². The number of aryl methyl sites for hydroxylation is 1. The van der Waals surface area contributed by atoms with Crippen LogP contribution in [0.3, 0.4) is 0 Å². The average molecular weight is 375 g/mol. The third-order valence-corrected chi connectivity index (χ3v) is 3.66. The molecule has 0 saturated heterocycles. The summed E-state index contributed by atoms with van der Waals surface area (Å²) in [6, 6.07) is 3.13. The molecule has 3 N–H and O–H groups in total. The van der Waals surface area contributed by atoms with Gasteiger partial charge in [-0.1, -0.05) is 0 Å². The first-order valence-electron chi connectivity index (χ1n) is 5.10. The highest BCUT2D eigenvalue weighted by Crippen LogP contribution is 2.33. The van der Waals surface area contributed by atoms with E-state index in [1.807, 2.05) is 6.92 Å². The molecule has 0 bridgehead atoms. The second kappa shape index (κ2) is 5.24. The lowest BCUT2D eigenvalue weighted by molar-refractivity contribution is 0.620. The van der Waals surface area contributed by atoms with Crippen molar-refractivity contribution < 1.29 is 4.39 Å². The molecule has 6 heteroatoms. The van der Waals surface area contributed by atoms with Gasteiger partial charge in [0.2, 0.25) is 0 Å². The summed E-state index contributed by atoms with van der Waals surface area (Å²) in [5.74, 6) is -0.292. The molecule has 1 heterocycles. The molecule has 1 aromatic heterocycles. The Morgan fingerprint density at radius 2 is 1.94 bits per heavy atom. The summed E-state index contributed by atoms with van der Waals surface area (Å²) >= 11 is 6.53. The number of nitrogen functional groups attached to an aromatic ring is 1. The van der Waals surface area contributed by atoms with Crippen LogP contribution in [-0.2, 0) is 0 Å². The third-order valence-electron chi connectivity index (χ3n) is 2.46. The van der Waals surface area contributed by atoms with E-state index < -0.39 is 0 Å². The van der Waals surface area contributed by atoms with Crippen LogP contribution in [0.1, 0.15) is 5.56 Å². The van der Waals surface area contributed by atoms with Gasteiger partial charge in [0.15, 0.2) is 0 Å². The SMILES string of the molecule is Cc1cc(F)c(Br)cc1Nc1c(N)cncc1Br. The molecule has 1 aromatic carbocycles. The summed E-state index contributed by atoms with van der Waals surface area (Å²) in [6.07, 6.45) is 3.20. The van der Waals surface area contributed by atoms with Crippen LogP contribution >= 0.6 is 31.9 Å². The number of nitrogens with two attached hydrogens (primary N) is 1. The highest BCUT2D eigenvalue weighted by Gasteiger charge is 2.09. The van der Waals surface area contributed by atoms with Gasteiger partial charge < -0.3 is 11.1 Å². The van der Waals surface area contributed by atoms with Crippen LogP contribution in [0.2, 0.25) is 0 Å². The molecule has 2 aromatic rings. The van der Waals surface area contributed by atoms with Crippen molar-refractivity contribution in [3.63, 3.8) is 0 Å². The molecule has 2 rings (SSSR count). The van der Waals surface area contributed by atoms with Gasteiger partial charge in [-0.25, -0.2) is 4.39 Å². The number of aromatic nitrogens is 1. The second-order valence-electron chi connectivity index (χ2n) is 3.79. The Bertz CT molecular complexity index is 582.